The van der Waals surface area contributed by atoms with Crippen molar-refractivity contribution >= 4 is 6.03 Å². The number of morpholine rings is 1. The normalized spacial score (nSPS) is 25.6. The third-order valence-electron chi connectivity index (χ3n) is 3.53. The van der Waals surface area contributed by atoms with Crippen molar-refractivity contribution in [3.8, 4) is 0 Å². The Morgan fingerprint density at radius 3 is 2.94 bits per heavy atom. The molecule has 0 aromatic rings. The number of nitrogens with zero attached hydrogens (tertiary/aromatic N) is 1. The molecule has 2 aliphatic rings. The lowest BCUT2D eigenvalue weighted by Crippen LogP contribution is -2.46. The zero-order valence-corrected chi connectivity index (χ0v) is 10.4. The van der Waals surface area contributed by atoms with Gasteiger partial charge in [-0.15, -0.1) is 0 Å². The van der Waals surface area contributed by atoms with Gasteiger partial charge in [-0.2, -0.15) is 0 Å². The van der Waals surface area contributed by atoms with E-state index in [1.54, 1.807) is 0 Å². The predicted molar refractivity (Wildman–Crippen MR) is 66.0 cm³/mol. The van der Waals surface area contributed by atoms with E-state index in [-0.39, 0.29) is 6.03 Å². The number of nitrogens with one attached hydrogen (secondary N) is 2. The molecule has 0 bridgehead atoms. The third-order valence-corrected chi connectivity index (χ3v) is 3.53. The van der Waals surface area contributed by atoms with Gasteiger partial charge in [0, 0.05) is 19.6 Å². The van der Waals surface area contributed by atoms with Crippen LogP contribution in [0.4, 0.5) is 4.79 Å². The molecule has 2 rings (SSSR count). The molecule has 0 spiro atoms. The molecule has 2 N–H and O–H groups in total. The maximum atomic E-state index is 11.8. The molecule has 5 heteroatoms. The molecule has 0 aromatic heterocycles. The standard InChI is InChI=1S/C12H23N3O2/c16-12(15-6-8-17-9-7-15)14-5-3-11-2-1-4-13-10-11/h11,13H,1-10H2,(H,14,16). The Hall–Kier alpha value is -0.810. The van der Waals surface area contributed by atoms with Gasteiger partial charge in [0.1, 0.15) is 0 Å². The van der Waals surface area contributed by atoms with Gasteiger partial charge < -0.3 is 20.3 Å². The molecule has 2 amide bonds. The maximum Gasteiger partial charge on any atom is 0.317 e. The molecule has 2 aliphatic heterocycles. The Bertz CT molecular complexity index is 236. The van der Waals surface area contributed by atoms with Crippen LogP contribution in [0.15, 0.2) is 0 Å². The van der Waals surface area contributed by atoms with Gasteiger partial charge in [-0.3, -0.25) is 0 Å². The first-order valence-corrected chi connectivity index (χ1v) is 6.67. The van der Waals surface area contributed by atoms with Crippen LogP contribution in [0.3, 0.4) is 0 Å². The Morgan fingerprint density at radius 1 is 1.41 bits per heavy atom. The van der Waals surface area contributed by atoms with Crippen molar-refractivity contribution < 1.29 is 9.53 Å². The second-order valence-corrected chi connectivity index (χ2v) is 4.83. The number of ether oxygens (including phenoxy) is 1. The molecule has 2 fully saturated rings. The van der Waals surface area contributed by atoms with Gasteiger partial charge in [0.05, 0.1) is 13.2 Å². The van der Waals surface area contributed by atoms with E-state index in [4.69, 9.17) is 4.74 Å². The topological polar surface area (TPSA) is 53.6 Å². The summed E-state index contributed by atoms with van der Waals surface area (Å²) >= 11 is 0. The molecule has 5 nitrogen and oxygen atoms in total. The first-order valence-electron chi connectivity index (χ1n) is 6.67. The molecule has 0 radical (unpaired) electrons. The number of hydrogen-bond donors (Lipinski definition) is 2. The summed E-state index contributed by atoms with van der Waals surface area (Å²) in [4.78, 5) is 13.6. The zero-order valence-electron chi connectivity index (χ0n) is 10.4. The summed E-state index contributed by atoms with van der Waals surface area (Å²) in [6, 6.07) is 0.0667. The minimum Gasteiger partial charge on any atom is -0.378 e. The van der Waals surface area contributed by atoms with E-state index in [9.17, 15) is 4.79 Å². The van der Waals surface area contributed by atoms with Gasteiger partial charge in [-0.05, 0) is 38.3 Å². The van der Waals surface area contributed by atoms with Gasteiger partial charge in [-0.1, -0.05) is 0 Å². The van der Waals surface area contributed by atoms with Crippen LogP contribution >= 0.6 is 0 Å². The minimum atomic E-state index is 0.0667. The molecule has 98 valence electrons. The number of carbonyl (C=O) groups excluding carboxylic acids is 1. The molecule has 2 saturated heterocycles. The van der Waals surface area contributed by atoms with Gasteiger partial charge in [-0.25, -0.2) is 4.79 Å². The second kappa shape index (κ2) is 6.81. The summed E-state index contributed by atoms with van der Waals surface area (Å²) in [5.74, 6) is 0.730. The lowest BCUT2D eigenvalue weighted by Gasteiger charge is -2.27. The highest BCUT2D eigenvalue weighted by Gasteiger charge is 2.17. The van der Waals surface area contributed by atoms with Crippen LogP contribution in [-0.4, -0.2) is 56.9 Å². The van der Waals surface area contributed by atoms with Crippen LogP contribution in [0.5, 0.6) is 0 Å². The first-order chi connectivity index (χ1) is 8.36. The number of amides is 2. The summed E-state index contributed by atoms with van der Waals surface area (Å²) in [5, 5.41) is 6.40. The van der Waals surface area contributed by atoms with Crippen LogP contribution in [0.25, 0.3) is 0 Å². The highest BCUT2D eigenvalue weighted by molar-refractivity contribution is 5.74. The molecular formula is C12H23N3O2. The summed E-state index contributed by atoms with van der Waals surface area (Å²) in [7, 11) is 0. The Balaban J connectivity index is 1.58. The van der Waals surface area contributed by atoms with Crippen LogP contribution in [0, 0.1) is 5.92 Å². The second-order valence-electron chi connectivity index (χ2n) is 4.83. The largest absolute Gasteiger partial charge is 0.378 e. The van der Waals surface area contributed by atoms with E-state index in [1.807, 2.05) is 4.90 Å². The summed E-state index contributed by atoms with van der Waals surface area (Å²) in [6.07, 6.45) is 3.64. The van der Waals surface area contributed by atoms with E-state index in [0.717, 1.165) is 45.1 Å². The van der Waals surface area contributed by atoms with Crippen LogP contribution in [0.2, 0.25) is 0 Å². The molecule has 17 heavy (non-hydrogen) atoms. The molecular weight excluding hydrogens is 218 g/mol. The minimum absolute atomic E-state index is 0.0667. The van der Waals surface area contributed by atoms with E-state index in [2.05, 4.69) is 10.6 Å². The number of piperidine rings is 1. The molecule has 0 aliphatic carbocycles. The SMILES string of the molecule is O=C(NCCC1CCCNC1)N1CCOCC1. The molecule has 1 unspecified atom stereocenters. The Kier molecular flexibility index (Phi) is 5.07. The molecule has 1 atom stereocenters. The van der Waals surface area contributed by atoms with E-state index in [1.165, 1.54) is 12.8 Å². The van der Waals surface area contributed by atoms with E-state index >= 15 is 0 Å². The summed E-state index contributed by atoms with van der Waals surface area (Å²) in [5.41, 5.74) is 0. The smallest absolute Gasteiger partial charge is 0.317 e. The van der Waals surface area contributed by atoms with Crippen LogP contribution < -0.4 is 10.6 Å². The van der Waals surface area contributed by atoms with Crippen molar-refractivity contribution in [2.45, 2.75) is 19.3 Å². The number of urea groups is 1. The van der Waals surface area contributed by atoms with Crippen molar-refractivity contribution in [2.75, 3.05) is 45.9 Å². The lowest BCUT2D eigenvalue weighted by atomic mass is 9.96. The zero-order chi connectivity index (χ0) is 11.9. The van der Waals surface area contributed by atoms with Gasteiger partial charge in [0.2, 0.25) is 0 Å². The first kappa shape index (κ1) is 12.6. The highest BCUT2D eigenvalue weighted by atomic mass is 16.5. The highest BCUT2D eigenvalue weighted by Crippen LogP contribution is 2.12. The van der Waals surface area contributed by atoms with Crippen molar-refractivity contribution in [1.82, 2.24) is 15.5 Å². The van der Waals surface area contributed by atoms with Gasteiger partial charge in [0.15, 0.2) is 0 Å². The van der Waals surface area contributed by atoms with Crippen molar-refractivity contribution in [1.29, 1.82) is 0 Å². The summed E-state index contributed by atoms with van der Waals surface area (Å²) in [6.45, 7) is 5.82. The van der Waals surface area contributed by atoms with E-state index in [0.29, 0.717) is 13.2 Å². The fourth-order valence-electron chi connectivity index (χ4n) is 2.43. The monoisotopic (exact) mass is 241 g/mol. The third kappa shape index (κ3) is 4.16. The summed E-state index contributed by atoms with van der Waals surface area (Å²) < 4.78 is 5.22. The van der Waals surface area contributed by atoms with Gasteiger partial charge >= 0.3 is 6.03 Å². The molecule has 0 aromatic carbocycles. The Labute approximate surface area is 103 Å². The van der Waals surface area contributed by atoms with Crippen molar-refractivity contribution in [2.24, 2.45) is 5.92 Å². The molecule has 2 heterocycles. The Morgan fingerprint density at radius 2 is 2.24 bits per heavy atom. The molecule has 0 saturated carbocycles. The van der Waals surface area contributed by atoms with Crippen LogP contribution in [0.1, 0.15) is 19.3 Å². The number of carbonyl (C=O) groups is 1. The number of rotatable bonds is 3. The average molecular weight is 241 g/mol. The quantitative estimate of drug-likeness (QED) is 0.753. The van der Waals surface area contributed by atoms with E-state index < -0.39 is 0 Å². The number of hydrogen-bond acceptors (Lipinski definition) is 3. The van der Waals surface area contributed by atoms with Gasteiger partial charge in [0.25, 0.3) is 0 Å². The van der Waals surface area contributed by atoms with Crippen molar-refractivity contribution in [3.63, 3.8) is 0 Å². The maximum absolute atomic E-state index is 11.8. The predicted octanol–water partition coefficient (Wildman–Crippen LogP) is 0.418. The van der Waals surface area contributed by atoms with Crippen molar-refractivity contribution in [3.05, 3.63) is 0 Å². The lowest BCUT2D eigenvalue weighted by molar-refractivity contribution is 0.0531. The average Bonchev–Trinajstić information content (AvgIpc) is 2.41. The van der Waals surface area contributed by atoms with Crippen LogP contribution in [-0.2, 0) is 4.74 Å². The fourth-order valence-corrected chi connectivity index (χ4v) is 2.43. The fraction of sp³-hybridized carbons (Fsp3) is 0.917.